The van der Waals surface area contributed by atoms with Crippen molar-refractivity contribution in [3.63, 3.8) is 0 Å². The fraction of sp³-hybridized carbons (Fsp3) is 0.714. The predicted octanol–water partition coefficient (Wildman–Crippen LogP) is 1.60. The molecule has 4 aliphatic carbocycles. The number of alkyl halides is 2. The number of halogens is 2. The Labute approximate surface area is 162 Å². The number of rotatable bonds is 2. The number of carbonyl (C=O) groups is 2. The normalized spacial score (nSPS) is 52.5. The van der Waals surface area contributed by atoms with Gasteiger partial charge < -0.3 is 15.3 Å². The Morgan fingerprint density at radius 1 is 1.32 bits per heavy atom. The van der Waals surface area contributed by atoms with Crippen LogP contribution >= 0.6 is 0 Å². The van der Waals surface area contributed by atoms with E-state index in [1.165, 1.54) is 19.1 Å². The van der Waals surface area contributed by atoms with Crippen LogP contribution in [0.3, 0.4) is 0 Å². The standard InChI is InChI=1S/C21H26F2O5/c1-18-5-3-11(25)7-14(18)15(22)8-13-12-4-6-20(28,17(27)10-24)19(12,2)9-16(26)21(13,18)23/h3,5,7,12-13,15-16,24,26,28H,4,6,8-10H2,1-2H3/t12-,13-,15-,16+,18-,19-,20-,21-/m0/s1. The summed E-state index contributed by atoms with van der Waals surface area (Å²) in [5.41, 5.74) is -6.71. The van der Waals surface area contributed by atoms with E-state index in [1.54, 1.807) is 6.92 Å². The highest BCUT2D eigenvalue weighted by molar-refractivity contribution is 6.01. The van der Waals surface area contributed by atoms with Crippen LogP contribution in [0, 0.1) is 22.7 Å². The third-order valence-corrected chi connectivity index (χ3v) is 8.39. The molecule has 0 aromatic carbocycles. The number of fused-ring (bicyclic) bond motifs is 5. The molecule has 0 amide bonds. The van der Waals surface area contributed by atoms with Gasteiger partial charge in [-0.05, 0) is 56.3 Å². The largest absolute Gasteiger partial charge is 0.390 e. The zero-order valence-corrected chi connectivity index (χ0v) is 16.0. The van der Waals surface area contributed by atoms with E-state index in [0.29, 0.717) is 6.42 Å². The molecule has 0 aromatic rings. The Bertz CT molecular complexity index is 809. The number of ketones is 2. The molecular weight excluding hydrogens is 370 g/mol. The number of hydrogen-bond acceptors (Lipinski definition) is 5. The molecule has 0 spiro atoms. The minimum Gasteiger partial charge on any atom is -0.390 e. The summed E-state index contributed by atoms with van der Waals surface area (Å²) in [5, 5.41) is 31.4. The van der Waals surface area contributed by atoms with E-state index < -0.39 is 64.4 Å². The molecule has 7 heteroatoms. The van der Waals surface area contributed by atoms with E-state index in [1.807, 2.05) is 0 Å². The monoisotopic (exact) mass is 396 g/mol. The van der Waals surface area contributed by atoms with E-state index in [2.05, 4.69) is 0 Å². The average Bonchev–Trinajstić information content (AvgIpc) is 2.91. The van der Waals surface area contributed by atoms with Gasteiger partial charge >= 0.3 is 0 Å². The van der Waals surface area contributed by atoms with Crippen LogP contribution in [-0.2, 0) is 9.59 Å². The first kappa shape index (κ1) is 19.9. The molecule has 0 bridgehead atoms. The number of aliphatic hydroxyl groups is 3. The highest BCUT2D eigenvalue weighted by Crippen LogP contribution is 2.69. The Morgan fingerprint density at radius 3 is 2.64 bits per heavy atom. The molecule has 4 rings (SSSR count). The van der Waals surface area contributed by atoms with Crippen LogP contribution in [0.5, 0.6) is 0 Å². The first-order chi connectivity index (χ1) is 13.0. The Morgan fingerprint density at radius 2 is 2.00 bits per heavy atom. The molecule has 3 saturated carbocycles. The van der Waals surface area contributed by atoms with Crippen molar-refractivity contribution in [1.29, 1.82) is 0 Å². The van der Waals surface area contributed by atoms with Crippen molar-refractivity contribution < 1.29 is 33.7 Å². The average molecular weight is 396 g/mol. The lowest BCUT2D eigenvalue weighted by atomic mass is 9.44. The van der Waals surface area contributed by atoms with Gasteiger partial charge in [0.25, 0.3) is 0 Å². The SMILES string of the molecule is C[C@]12C=CC(=O)C=C1[C@@H](F)C[C@H]1[C@@H]3CC[C@](O)(C(=O)CO)[C@@]3(C)C[C@@H](O)[C@@]12F. The molecule has 3 fully saturated rings. The predicted molar refractivity (Wildman–Crippen MR) is 95.7 cm³/mol. The first-order valence-corrected chi connectivity index (χ1v) is 9.78. The number of hydrogen-bond donors (Lipinski definition) is 3. The van der Waals surface area contributed by atoms with E-state index in [-0.39, 0.29) is 24.8 Å². The van der Waals surface area contributed by atoms with E-state index >= 15 is 8.78 Å². The first-order valence-electron chi connectivity index (χ1n) is 9.78. The van der Waals surface area contributed by atoms with E-state index in [9.17, 15) is 24.9 Å². The van der Waals surface area contributed by atoms with Crippen LogP contribution < -0.4 is 0 Å². The number of Topliss-reactive ketones (excluding diaryl/α,β-unsaturated/α-hetero) is 1. The summed E-state index contributed by atoms with van der Waals surface area (Å²) in [6.45, 7) is 2.29. The van der Waals surface area contributed by atoms with Gasteiger partial charge in [-0.25, -0.2) is 8.78 Å². The van der Waals surface area contributed by atoms with Crippen molar-refractivity contribution >= 4 is 11.6 Å². The van der Waals surface area contributed by atoms with Crippen LogP contribution in [0.15, 0.2) is 23.8 Å². The van der Waals surface area contributed by atoms with Crippen molar-refractivity contribution in [3.8, 4) is 0 Å². The molecule has 0 aliphatic heterocycles. The fourth-order valence-corrected chi connectivity index (χ4v) is 6.80. The molecular formula is C21H26F2O5. The van der Waals surface area contributed by atoms with E-state index in [0.717, 1.165) is 6.08 Å². The summed E-state index contributed by atoms with van der Waals surface area (Å²) in [5.74, 6) is -2.63. The highest BCUT2D eigenvalue weighted by Gasteiger charge is 2.75. The van der Waals surface area contributed by atoms with Crippen LogP contribution in [0.4, 0.5) is 8.78 Å². The van der Waals surface area contributed by atoms with Gasteiger partial charge in [-0.2, -0.15) is 0 Å². The molecule has 4 aliphatic rings. The Hall–Kier alpha value is -1.44. The van der Waals surface area contributed by atoms with Gasteiger partial charge in [0.05, 0.1) is 6.10 Å². The van der Waals surface area contributed by atoms with Gasteiger partial charge in [0.15, 0.2) is 17.2 Å². The van der Waals surface area contributed by atoms with Gasteiger partial charge in [-0.15, -0.1) is 0 Å². The van der Waals surface area contributed by atoms with Crippen LogP contribution in [0.1, 0.15) is 39.5 Å². The molecule has 8 atom stereocenters. The van der Waals surface area contributed by atoms with Crippen molar-refractivity contribution in [1.82, 2.24) is 0 Å². The molecule has 3 N–H and O–H groups in total. The van der Waals surface area contributed by atoms with Crippen molar-refractivity contribution in [2.75, 3.05) is 6.61 Å². The third-order valence-electron chi connectivity index (χ3n) is 8.39. The lowest BCUT2D eigenvalue weighted by Gasteiger charge is -2.63. The highest BCUT2D eigenvalue weighted by atomic mass is 19.1. The molecule has 5 nitrogen and oxygen atoms in total. The maximum absolute atomic E-state index is 16.7. The van der Waals surface area contributed by atoms with Gasteiger partial charge in [-0.3, -0.25) is 9.59 Å². The maximum Gasteiger partial charge on any atom is 0.190 e. The second-order valence-electron chi connectivity index (χ2n) is 9.34. The van der Waals surface area contributed by atoms with Crippen molar-refractivity contribution in [2.24, 2.45) is 22.7 Å². The summed E-state index contributed by atoms with van der Waals surface area (Å²) < 4.78 is 31.9. The Balaban J connectivity index is 1.84. The summed E-state index contributed by atoms with van der Waals surface area (Å²) in [6, 6.07) is 0. The number of allylic oxidation sites excluding steroid dienone is 4. The smallest absolute Gasteiger partial charge is 0.190 e. The topological polar surface area (TPSA) is 94.8 Å². The summed E-state index contributed by atoms with van der Waals surface area (Å²) in [6.07, 6.45) is 0.509. The lowest BCUT2D eigenvalue weighted by Crippen LogP contribution is -2.70. The van der Waals surface area contributed by atoms with Crippen LogP contribution in [0.2, 0.25) is 0 Å². The molecule has 0 radical (unpaired) electrons. The van der Waals surface area contributed by atoms with Crippen molar-refractivity contribution in [2.45, 2.75) is 63.1 Å². The molecule has 0 saturated heterocycles. The Kier molecular flexibility index (Phi) is 4.11. The van der Waals surface area contributed by atoms with Gasteiger partial charge in [0.2, 0.25) is 0 Å². The molecule has 0 aromatic heterocycles. The zero-order chi connectivity index (χ0) is 20.7. The van der Waals surface area contributed by atoms with Crippen LogP contribution in [0.25, 0.3) is 0 Å². The summed E-state index contributed by atoms with van der Waals surface area (Å²) >= 11 is 0. The molecule has 0 unspecified atom stereocenters. The number of aliphatic hydroxyl groups excluding tert-OH is 2. The van der Waals surface area contributed by atoms with Gasteiger partial charge in [-0.1, -0.05) is 13.0 Å². The van der Waals surface area contributed by atoms with Gasteiger partial charge in [0.1, 0.15) is 18.4 Å². The molecule has 154 valence electrons. The summed E-state index contributed by atoms with van der Waals surface area (Å²) in [4.78, 5) is 24.1. The molecule has 0 heterocycles. The van der Waals surface area contributed by atoms with Crippen LogP contribution in [-0.4, -0.2) is 57.0 Å². The lowest BCUT2D eigenvalue weighted by molar-refractivity contribution is -0.221. The maximum atomic E-state index is 16.7. The van der Waals surface area contributed by atoms with Gasteiger partial charge in [0, 0.05) is 16.7 Å². The fourth-order valence-electron chi connectivity index (χ4n) is 6.80. The van der Waals surface area contributed by atoms with E-state index in [4.69, 9.17) is 0 Å². The quantitative estimate of drug-likeness (QED) is 0.659. The zero-order valence-electron chi connectivity index (χ0n) is 16.0. The second kappa shape index (κ2) is 5.80. The van der Waals surface area contributed by atoms with Crippen molar-refractivity contribution in [3.05, 3.63) is 23.8 Å². The minimum absolute atomic E-state index is 0.0392. The minimum atomic E-state index is -2.23. The number of carbonyl (C=O) groups excluding carboxylic acids is 2. The summed E-state index contributed by atoms with van der Waals surface area (Å²) in [7, 11) is 0. The third kappa shape index (κ3) is 2.05. The second-order valence-corrected chi connectivity index (χ2v) is 9.34. The molecule has 28 heavy (non-hydrogen) atoms.